The number of amides is 1. The molecule has 4 aromatic rings. The normalized spacial score (nSPS) is 14.2. The topological polar surface area (TPSA) is 109 Å². The van der Waals surface area contributed by atoms with E-state index in [0.29, 0.717) is 45.4 Å². The lowest BCUT2D eigenvalue weighted by molar-refractivity contribution is 0.0696. The summed E-state index contributed by atoms with van der Waals surface area (Å²) >= 11 is 1.26. The van der Waals surface area contributed by atoms with Crippen molar-refractivity contribution in [2.75, 3.05) is 24.6 Å². The maximum Gasteiger partial charge on any atom is 0.266 e. The van der Waals surface area contributed by atoms with Crippen molar-refractivity contribution >= 4 is 39.0 Å². The van der Waals surface area contributed by atoms with E-state index in [1.165, 1.54) is 22.5 Å². The fraction of sp³-hybridized carbons (Fsp3) is 0.276. The lowest BCUT2D eigenvalue weighted by atomic mass is 9.90. The first-order valence-electron chi connectivity index (χ1n) is 12.3. The van der Waals surface area contributed by atoms with E-state index < -0.39 is 0 Å². The Morgan fingerprint density at radius 2 is 1.78 bits per heavy atom. The summed E-state index contributed by atoms with van der Waals surface area (Å²) in [6.45, 7) is 3.50. The summed E-state index contributed by atoms with van der Waals surface area (Å²) < 4.78 is 0. The van der Waals surface area contributed by atoms with Gasteiger partial charge in [-0.15, -0.1) is 11.3 Å². The third-order valence-electron chi connectivity index (χ3n) is 7.13. The monoisotopic (exact) mass is 495 g/mol. The van der Waals surface area contributed by atoms with Crippen molar-refractivity contribution in [1.29, 1.82) is 5.26 Å². The molecule has 7 heteroatoms. The fourth-order valence-corrected chi connectivity index (χ4v) is 6.15. The smallest absolute Gasteiger partial charge is 0.266 e. The molecule has 0 spiro atoms. The highest BCUT2D eigenvalue weighted by Gasteiger charge is 2.29. The first-order chi connectivity index (χ1) is 17.5. The number of carbonyl (C=O) groups excluding carboxylic acids is 1. The number of likely N-dealkylation sites (tertiary alicyclic amines) is 1. The van der Waals surface area contributed by atoms with Crippen molar-refractivity contribution in [3.8, 4) is 17.2 Å². The average Bonchev–Trinajstić information content (AvgIpc) is 3.24. The molecule has 0 atom stereocenters. The Morgan fingerprint density at radius 3 is 2.42 bits per heavy atom. The molecule has 182 valence electrons. The van der Waals surface area contributed by atoms with Gasteiger partial charge >= 0.3 is 0 Å². The van der Waals surface area contributed by atoms with Crippen LogP contribution in [0.4, 0.5) is 11.5 Å². The molecule has 36 heavy (non-hydrogen) atoms. The van der Waals surface area contributed by atoms with Crippen LogP contribution in [0.1, 0.15) is 46.1 Å². The minimum atomic E-state index is -0.0713. The summed E-state index contributed by atoms with van der Waals surface area (Å²) in [7, 11) is 0. The van der Waals surface area contributed by atoms with Gasteiger partial charge in [-0.1, -0.05) is 61.5 Å². The quantitative estimate of drug-likeness (QED) is 0.371. The minimum absolute atomic E-state index is 0.0713. The summed E-state index contributed by atoms with van der Waals surface area (Å²) in [6.07, 6.45) is 3.88. The van der Waals surface area contributed by atoms with E-state index in [4.69, 9.17) is 11.5 Å². The molecule has 1 aliphatic rings. The number of pyridine rings is 1. The Kier molecular flexibility index (Phi) is 6.62. The molecule has 6 nitrogen and oxygen atoms in total. The van der Waals surface area contributed by atoms with E-state index >= 15 is 0 Å². The maximum atomic E-state index is 13.6. The lowest BCUT2D eigenvalue weighted by Crippen LogP contribution is -2.38. The summed E-state index contributed by atoms with van der Waals surface area (Å²) in [5.41, 5.74) is 17.5. The van der Waals surface area contributed by atoms with Crippen LogP contribution >= 0.6 is 11.3 Å². The van der Waals surface area contributed by atoms with E-state index in [1.54, 1.807) is 0 Å². The van der Waals surface area contributed by atoms with Crippen LogP contribution in [-0.2, 0) is 12.8 Å². The van der Waals surface area contributed by atoms with Crippen molar-refractivity contribution < 1.29 is 4.79 Å². The Bertz CT molecular complexity index is 1450. The molecule has 1 fully saturated rings. The SMILES string of the molecule is CCc1ccc(-c2c(C#N)c(N)nc3sc(C(=O)N4CCC(Cc5ccccc5)CC4)c(N)c23)cc1. The third kappa shape index (κ3) is 4.40. The number of hydrogen-bond donors (Lipinski definition) is 2. The number of aryl methyl sites for hydroxylation is 1. The Morgan fingerprint density at radius 1 is 1.08 bits per heavy atom. The molecule has 2 aromatic carbocycles. The summed E-state index contributed by atoms with van der Waals surface area (Å²) in [5, 5.41) is 10.5. The fourth-order valence-electron chi connectivity index (χ4n) is 5.07. The number of anilines is 2. The van der Waals surface area contributed by atoms with Crippen LogP contribution in [0.5, 0.6) is 0 Å². The first-order valence-corrected chi connectivity index (χ1v) is 13.2. The molecular formula is C29H29N5OS. The van der Waals surface area contributed by atoms with Gasteiger partial charge in [-0.3, -0.25) is 4.79 Å². The van der Waals surface area contributed by atoms with Gasteiger partial charge < -0.3 is 16.4 Å². The van der Waals surface area contributed by atoms with Gasteiger partial charge in [0.2, 0.25) is 0 Å². The summed E-state index contributed by atoms with van der Waals surface area (Å²) in [4.78, 5) is 21.0. The highest BCUT2D eigenvalue weighted by atomic mass is 32.1. The molecule has 0 aliphatic carbocycles. The maximum absolute atomic E-state index is 13.6. The number of rotatable bonds is 5. The first kappa shape index (κ1) is 23.8. The predicted molar refractivity (Wildman–Crippen MR) is 147 cm³/mol. The summed E-state index contributed by atoms with van der Waals surface area (Å²) in [6, 6.07) is 20.7. The highest BCUT2D eigenvalue weighted by Crippen LogP contribution is 2.43. The van der Waals surface area contributed by atoms with E-state index in [-0.39, 0.29) is 17.3 Å². The minimum Gasteiger partial charge on any atom is -0.397 e. The molecule has 0 radical (unpaired) electrons. The number of thiophene rings is 1. The van der Waals surface area contributed by atoms with E-state index in [2.05, 4.69) is 42.2 Å². The van der Waals surface area contributed by atoms with Crippen LogP contribution < -0.4 is 11.5 Å². The molecule has 0 saturated carbocycles. The van der Waals surface area contributed by atoms with Gasteiger partial charge in [0.05, 0.1) is 5.69 Å². The standard InChI is InChI=1S/C29H29N5OS/c1-2-18-8-10-21(11-9-18)23-22(17-30)27(32)33-28-24(23)25(31)26(36-28)29(35)34-14-12-20(13-15-34)16-19-6-4-3-5-7-19/h3-11,20H,2,12-16,31H2,1H3,(H2,32,33). The van der Waals surface area contributed by atoms with Crippen molar-refractivity contribution in [2.24, 2.45) is 5.92 Å². The zero-order chi connectivity index (χ0) is 25.2. The number of piperidine rings is 1. The molecule has 0 bridgehead atoms. The van der Waals surface area contributed by atoms with E-state index in [0.717, 1.165) is 31.2 Å². The number of hydrogen-bond acceptors (Lipinski definition) is 6. The van der Waals surface area contributed by atoms with Gasteiger partial charge in [0.1, 0.15) is 27.2 Å². The number of fused-ring (bicyclic) bond motifs is 1. The van der Waals surface area contributed by atoms with E-state index in [9.17, 15) is 10.1 Å². The Balaban J connectivity index is 1.45. The zero-order valence-electron chi connectivity index (χ0n) is 20.3. The van der Waals surface area contributed by atoms with Crippen LogP contribution in [0, 0.1) is 17.2 Å². The third-order valence-corrected chi connectivity index (χ3v) is 8.22. The van der Waals surface area contributed by atoms with Crippen LogP contribution in [0.2, 0.25) is 0 Å². The number of nitrogen functional groups attached to an aromatic ring is 2. The number of nitrogens with zero attached hydrogens (tertiary/aromatic N) is 3. The van der Waals surface area contributed by atoms with Crippen LogP contribution in [-0.4, -0.2) is 28.9 Å². The van der Waals surface area contributed by atoms with Crippen LogP contribution in [0.3, 0.4) is 0 Å². The average molecular weight is 496 g/mol. The van der Waals surface area contributed by atoms with Crippen molar-refractivity contribution in [3.63, 3.8) is 0 Å². The molecule has 2 aromatic heterocycles. The van der Waals surface area contributed by atoms with Gasteiger partial charge in [-0.25, -0.2) is 4.98 Å². The highest BCUT2D eigenvalue weighted by molar-refractivity contribution is 7.21. The van der Waals surface area contributed by atoms with Gasteiger partial charge in [0.25, 0.3) is 5.91 Å². The molecule has 5 rings (SSSR count). The van der Waals surface area contributed by atoms with Gasteiger partial charge in [-0.05, 0) is 48.3 Å². The molecule has 0 unspecified atom stereocenters. The number of aromatic nitrogens is 1. The number of benzene rings is 2. The van der Waals surface area contributed by atoms with Gasteiger partial charge in [-0.2, -0.15) is 5.26 Å². The Labute approximate surface area is 215 Å². The predicted octanol–water partition coefficient (Wildman–Crippen LogP) is 5.66. The summed E-state index contributed by atoms with van der Waals surface area (Å²) in [5.74, 6) is 0.646. The molecular weight excluding hydrogens is 466 g/mol. The molecule has 1 saturated heterocycles. The second-order valence-electron chi connectivity index (χ2n) is 9.36. The second kappa shape index (κ2) is 10.00. The number of nitriles is 1. The molecule has 4 N–H and O–H groups in total. The van der Waals surface area contributed by atoms with Gasteiger partial charge in [0.15, 0.2) is 0 Å². The van der Waals surface area contributed by atoms with Crippen LogP contribution in [0.25, 0.3) is 21.3 Å². The molecule has 1 amide bonds. The largest absolute Gasteiger partial charge is 0.397 e. The van der Waals surface area contributed by atoms with Crippen molar-refractivity contribution in [2.45, 2.75) is 32.6 Å². The zero-order valence-corrected chi connectivity index (χ0v) is 21.1. The number of carbonyl (C=O) groups is 1. The van der Waals surface area contributed by atoms with E-state index in [1.807, 2.05) is 35.2 Å². The second-order valence-corrected chi connectivity index (χ2v) is 10.4. The van der Waals surface area contributed by atoms with Crippen molar-refractivity contribution in [3.05, 3.63) is 76.2 Å². The lowest BCUT2D eigenvalue weighted by Gasteiger charge is -2.32. The Hall–Kier alpha value is -3.89. The van der Waals surface area contributed by atoms with Crippen molar-refractivity contribution in [1.82, 2.24) is 9.88 Å². The van der Waals surface area contributed by atoms with Gasteiger partial charge in [0, 0.05) is 24.0 Å². The molecule has 1 aliphatic heterocycles. The van der Waals surface area contributed by atoms with Crippen LogP contribution in [0.15, 0.2) is 54.6 Å². The molecule has 3 heterocycles. The number of nitrogens with two attached hydrogens (primary N) is 2.